The van der Waals surface area contributed by atoms with Gasteiger partial charge in [0.15, 0.2) is 0 Å². The summed E-state index contributed by atoms with van der Waals surface area (Å²) in [6, 6.07) is 31.0. The van der Waals surface area contributed by atoms with Crippen LogP contribution in [0.25, 0.3) is 43.4 Å². The number of benzene rings is 4. The van der Waals surface area contributed by atoms with Gasteiger partial charge in [0, 0.05) is 0 Å². The summed E-state index contributed by atoms with van der Waals surface area (Å²) in [6.45, 7) is 6.80. The summed E-state index contributed by atoms with van der Waals surface area (Å²) in [6.07, 6.45) is 0. The Bertz CT molecular complexity index is 1270. The van der Waals surface area contributed by atoms with Gasteiger partial charge in [0.25, 0.3) is 0 Å². The SMILES string of the molecule is C[Si](C)=[Zr].Cc1cc(-c2cc3ccccc3[cH-]2)c2c(ccc3ccccc32)c1. The molecule has 0 bridgehead atoms. The van der Waals surface area contributed by atoms with E-state index in [2.05, 4.69) is 105 Å². The molecule has 136 valence electrons. The zero-order valence-electron chi connectivity index (χ0n) is 16.6. The average molecular weight is 455 g/mol. The predicted octanol–water partition coefficient (Wildman–Crippen LogP) is 7.62. The Kier molecular flexibility index (Phi) is 5.71. The first-order valence-electron chi connectivity index (χ1n) is 9.62. The van der Waals surface area contributed by atoms with Crippen molar-refractivity contribution in [3.05, 3.63) is 90.5 Å². The molecule has 0 aliphatic heterocycles. The van der Waals surface area contributed by atoms with E-state index in [1.807, 2.05) is 0 Å². The average Bonchev–Trinajstić information content (AvgIpc) is 3.10. The van der Waals surface area contributed by atoms with E-state index in [1.54, 1.807) is 23.3 Å². The molecular weight excluding hydrogens is 432 g/mol. The zero-order valence-corrected chi connectivity index (χ0v) is 20.0. The van der Waals surface area contributed by atoms with E-state index < -0.39 is 0 Å². The minimum absolute atomic E-state index is 0.210. The summed E-state index contributed by atoms with van der Waals surface area (Å²) in [5, 5.41) is 7.91. The fourth-order valence-corrected chi connectivity index (χ4v) is 3.83. The minimum Gasteiger partial charge on any atom is -0.145 e. The first kappa shape index (κ1) is 19.4. The van der Waals surface area contributed by atoms with Crippen LogP contribution >= 0.6 is 0 Å². The van der Waals surface area contributed by atoms with Gasteiger partial charge in [-0.15, -0.1) is 34.5 Å². The second-order valence-electron chi connectivity index (χ2n) is 7.57. The number of aryl methyl sites for hydroxylation is 1. The normalized spacial score (nSPS) is 10.8. The van der Waals surface area contributed by atoms with E-state index in [9.17, 15) is 0 Å². The monoisotopic (exact) mass is 453 g/mol. The maximum absolute atomic E-state index is 2.32. The standard InChI is InChI=1S/C24H17.C2H6Si.Zr/c1-16-12-20-11-10-17-6-4-5-9-22(17)24(20)23(13-16)21-14-18-7-2-3-8-19(18)15-21;1-3-2;/h2-15H,1H3;1-2H3;/q-1;;. The van der Waals surface area contributed by atoms with Gasteiger partial charge in [0.2, 0.25) is 0 Å². The van der Waals surface area contributed by atoms with Gasteiger partial charge in [-0.05, 0) is 28.5 Å². The van der Waals surface area contributed by atoms with Crippen LogP contribution in [-0.2, 0) is 23.3 Å². The quantitative estimate of drug-likeness (QED) is 0.139. The van der Waals surface area contributed by atoms with Crippen molar-refractivity contribution in [3.63, 3.8) is 0 Å². The Morgan fingerprint density at radius 1 is 0.750 bits per heavy atom. The minimum atomic E-state index is 0.210. The maximum atomic E-state index is 2.32. The van der Waals surface area contributed by atoms with E-state index in [1.165, 1.54) is 49.0 Å². The van der Waals surface area contributed by atoms with E-state index in [4.69, 9.17) is 0 Å². The van der Waals surface area contributed by atoms with Crippen LogP contribution in [0.2, 0.25) is 13.1 Å². The Hall–Kier alpha value is -1.89. The number of rotatable bonds is 1. The third-order valence-electron chi connectivity index (χ3n) is 4.91. The molecule has 0 spiro atoms. The second kappa shape index (κ2) is 8.23. The molecule has 0 aliphatic rings. The van der Waals surface area contributed by atoms with Gasteiger partial charge in [0.1, 0.15) is 0 Å². The van der Waals surface area contributed by atoms with Crippen molar-refractivity contribution in [2.45, 2.75) is 20.0 Å². The van der Waals surface area contributed by atoms with Crippen molar-refractivity contribution in [2.24, 2.45) is 0 Å². The molecule has 0 N–H and O–H groups in total. The van der Waals surface area contributed by atoms with Crippen LogP contribution in [0, 0.1) is 6.92 Å². The van der Waals surface area contributed by atoms with E-state index in [0.29, 0.717) is 0 Å². The van der Waals surface area contributed by atoms with Crippen molar-refractivity contribution in [2.75, 3.05) is 0 Å². The Morgan fingerprint density at radius 2 is 1.39 bits per heavy atom. The molecule has 0 saturated carbocycles. The Balaban J connectivity index is 0.000000442. The number of hydrogen-bond acceptors (Lipinski definition) is 0. The van der Waals surface area contributed by atoms with Gasteiger partial charge in [-0.2, -0.15) is 0 Å². The van der Waals surface area contributed by atoms with Crippen molar-refractivity contribution >= 4 is 37.8 Å². The Labute approximate surface area is 181 Å². The van der Waals surface area contributed by atoms with Crippen LogP contribution in [0.1, 0.15) is 5.56 Å². The Morgan fingerprint density at radius 3 is 2.14 bits per heavy atom. The number of hydrogen-bond donors (Lipinski definition) is 0. The summed E-state index contributed by atoms with van der Waals surface area (Å²) < 4.78 is 0. The van der Waals surface area contributed by atoms with Crippen LogP contribution < -0.4 is 0 Å². The zero-order chi connectivity index (χ0) is 19.7. The van der Waals surface area contributed by atoms with Gasteiger partial charge < -0.3 is 0 Å². The molecule has 0 radical (unpaired) electrons. The van der Waals surface area contributed by atoms with Gasteiger partial charge >= 0.3 is 41.9 Å². The van der Waals surface area contributed by atoms with Crippen LogP contribution in [0.15, 0.2) is 84.9 Å². The predicted molar refractivity (Wildman–Crippen MR) is 122 cm³/mol. The van der Waals surface area contributed by atoms with Crippen LogP contribution in [0.5, 0.6) is 0 Å². The molecule has 5 rings (SSSR count). The molecule has 0 fully saturated rings. The van der Waals surface area contributed by atoms with Crippen molar-refractivity contribution < 1.29 is 23.3 Å². The third-order valence-corrected chi connectivity index (χ3v) is 4.91. The summed E-state index contributed by atoms with van der Waals surface area (Å²) in [5.74, 6) is 0. The molecular formula is C26H23SiZr-. The molecule has 0 heterocycles. The van der Waals surface area contributed by atoms with E-state index in [0.717, 1.165) is 0 Å². The molecule has 0 aliphatic carbocycles. The van der Waals surface area contributed by atoms with Gasteiger partial charge in [-0.3, -0.25) is 0 Å². The molecule has 28 heavy (non-hydrogen) atoms. The molecule has 0 unspecified atom stereocenters. The summed E-state index contributed by atoms with van der Waals surface area (Å²) >= 11 is 1.74. The summed E-state index contributed by atoms with van der Waals surface area (Å²) in [4.78, 5) is 0. The first-order chi connectivity index (χ1) is 13.5. The van der Waals surface area contributed by atoms with Crippen molar-refractivity contribution in [3.8, 4) is 11.1 Å². The fourth-order valence-electron chi connectivity index (χ4n) is 3.83. The van der Waals surface area contributed by atoms with E-state index >= 15 is 0 Å². The topological polar surface area (TPSA) is 0 Å². The fraction of sp³-hybridized carbons (Fsp3) is 0.115. The van der Waals surface area contributed by atoms with Crippen LogP contribution in [-0.4, -0.2) is 5.43 Å². The van der Waals surface area contributed by atoms with Crippen LogP contribution in [0.3, 0.4) is 0 Å². The van der Waals surface area contributed by atoms with Crippen molar-refractivity contribution in [1.29, 1.82) is 0 Å². The smallest absolute Gasteiger partial charge is 0.0174 e. The van der Waals surface area contributed by atoms with Gasteiger partial charge in [-0.1, -0.05) is 77.9 Å². The molecule has 5 aromatic carbocycles. The first-order valence-corrected chi connectivity index (χ1v) is 15.8. The molecule has 0 aromatic heterocycles. The van der Waals surface area contributed by atoms with E-state index in [-0.39, 0.29) is 5.43 Å². The molecule has 5 aromatic rings. The van der Waals surface area contributed by atoms with Crippen LogP contribution in [0.4, 0.5) is 0 Å². The summed E-state index contributed by atoms with van der Waals surface area (Å²) in [7, 11) is 0. The molecule has 0 nitrogen and oxygen atoms in total. The third kappa shape index (κ3) is 3.95. The maximum Gasteiger partial charge on any atom is -0.0174 e. The van der Waals surface area contributed by atoms with Gasteiger partial charge in [-0.25, -0.2) is 0 Å². The largest absolute Gasteiger partial charge is 0.145 e. The second-order valence-corrected chi connectivity index (χ2v) is 16.9. The molecule has 0 atom stereocenters. The summed E-state index contributed by atoms with van der Waals surface area (Å²) in [5.41, 5.74) is 4.15. The van der Waals surface area contributed by atoms with Crippen molar-refractivity contribution in [1.82, 2.24) is 0 Å². The number of fused-ring (bicyclic) bond motifs is 4. The molecule has 0 amide bonds. The molecule has 0 saturated heterocycles. The van der Waals surface area contributed by atoms with Gasteiger partial charge in [0.05, 0.1) is 0 Å². The molecule has 2 heteroatoms.